The number of fused-ring (bicyclic) bond motifs is 1. The molecular formula is C11H13N3O3S. The highest BCUT2D eigenvalue weighted by molar-refractivity contribution is 7.91. The number of H-pyrrole nitrogens is 1. The number of hydrogen-bond acceptors (Lipinski definition) is 4. The van der Waals surface area contributed by atoms with Crippen LogP contribution in [-0.4, -0.2) is 34.5 Å². The van der Waals surface area contributed by atoms with Crippen LogP contribution in [0.1, 0.15) is 12.2 Å². The Morgan fingerprint density at radius 1 is 1.50 bits per heavy atom. The number of aromatic nitrogens is 3. The fraction of sp³-hybridized carbons (Fsp3) is 0.455. The van der Waals surface area contributed by atoms with Gasteiger partial charge in [0.2, 0.25) is 0 Å². The van der Waals surface area contributed by atoms with Crippen molar-refractivity contribution in [3.8, 4) is 0 Å². The summed E-state index contributed by atoms with van der Waals surface area (Å²) in [5.74, 6) is 1.36. The van der Waals surface area contributed by atoms with Gasteiger partial charge < -0.3 is 0 Å². The summed E-state index contributed by atoms with van der Waals surface area (Å²) >= 11 is 0. The van der Waals surface area contributed by atoms with Gasteiger partial charge in [-0.05, 0) is 12.3 Å². The summed E-state index contributed by atoms with van der Waals surface area (Å²) in [6.07, 6.45) is 2.92. The molecule has 0 aromatic carbocycles. The van der Waals surface area contributed by atoms with Crippen LogP contribution in [0.4, 0.5) is 0 Å². The molecule has 2 aromatic heterocycles. The summed E-state index contributed by atoms with van der Waals surface area (Å²) in [7, 11) is -2.85. The largest absolute Gasteiger partial charge is 0.290 e. The first-order chi connectivity index (χ1) is 8.52. The van der Waals surface area contributed by atoms with E-state index in [1.54, 1.807) is 10.7 Å². The first-order valence-electron chi connectivity index (χ1n) is 5.80. The number of hydrogen-bond donors (Lipinski definition) is 1. The Balaban J connectivity index is 1.85. The highest BCUT2D eigenvalue weighted by Gasteiger charge is 2.28. The van der Waals surface area contributed by atoms with E-state index in [-0.39, 0.29) is 22.9 Å². The van der Waals surface area contributed by atoms with Crippen LogP contribution >= 0.6 is 0 Å². The summed E-state index contributed by atoms with van der Waals surface area (Å²) in [4.78, 5) is 15.5. The summed E-state index contributed by atoms with van der Waals surface area (Å²) < 4.78 is 24.4. The van der Waals surface area contributed by atoms with Gasteiger partial charge >= 0.3 is 0 Å². The first-order valence-corrected chi connectivity index (χ1v) is 7.62. The molecule has 1 aliphatic rings. The molecule has 18 heavy (non-hydrogen) atoms. The van der Waals surface area contributed by atoms with Crippen LogP contribution in [-0.2, 0) is 16.3 Å². The minimum Gasteiger partial charge on any atom is -0.290 e. The lowest BCUT2D eigenvalue weighted by atomic mass is 10.1. The Morgan fingerprint density at radius 2 is 2.33 bits per heavy atom. The Kier molecular flexibility index (Phi) is 2.51. The number of rotatable bonds is 2. The topological polar surface area (TPSA) is 84.3 Å². The molecule has 0 aliphatic carbocycles. The standard InChI is InChI=1S/C11H13N3O3S/c15-9-1-3-14-11(6-9)12-10(13-14)5-8-2-4-18(16,17)7-8/h1,3,6,8H,2,4-5,7H2,(H,12,13). The van der Waals surface area contributed by atoms with Gasteiger partial charge in [0.05, 0.1) is 11.5 Å². The maximum absolute atomic E-state index is 11.4. The molecule has 1 aliphatic heterocycles. The average Bonchev–Trinajstić information content (AvgIpc) is 2.81. The number of nitrogens with zero attached hydrogens (tertiary/aromatic N) is 2. The maximum atomic E-state index is 11.4. The van der Waals surface area contributed by atoms with E-state index >= 15 is 0 Å². The summed E-state index contributed by atoms with van der Waals surface area (Å²) in [6, 6.07) is 2.90. The lowest BCUT2D eigenvalue weighted by Crippen LogP contribution is -2.08. The van der Waals surface area contributed by atoms with Crippen molar-refractivity contribution < 1.29 is 8.42 Å². The van der Waals surface area contributed by atoms with Gasteiger partial charge in [0.1, 0.15) is 5.82 Å². The summed E-state index contributed by atoms with van der Waals surface area (Å²) in [5, 5.41) is 3.05. The van der Waals surface area contributed by atoms with Gasteiger partial charge in [0.15, 0.2) is 20.9 Å². The predicted molar refractivity (Wildman–Crippen MR) is 66.3 cm³/mol. The van der Waals surface area contributed by atoms with Crippen LogP contribution in [0.5, 0.6) is 0 Å². The minimum atomic E-state index is -2.85. The van der Waals surface area contributed by atoms with Crippen molar-refractivity contribution in [2.24, 2.45) is 5.92 Å². The number of pyridine rings is 1. The third-order valence-electron chi connectivity index (χ3n) is 3.21. The maximum Gasteiger partial charge on any atom is 0.183 e. The van der Waals surface area contributed by atoms with Crippen molar-refractivity contribution in [2.45, 2.75) is 12.8 Å². The molecule has 2 aromatic rings. The molecule has 96 valence electrons. The predicted octanol–water partition coefficient (Wildman–Crippen LogP) is -0.000200. The lowest BCUT2D eigenvalue weighted by molar-refractivity contribution is 0.569. The van der Waals surface area contributed by atoms with Crippen LogP contribution in [0.2, 0.25) is 0 Å². The monoisotopic (exact) mass is 267 g/mol. The van der Waals surface area contributed by atoms with E-state index in [1.165, 1.54) is 12.1 Å². The summed E-state index contributed by atoms with van der Waals surface area (Å²) in [6.45, 7) is 0. The molecule has 1 saturated heterocycles. The van der Waals surface area contributed by atoms with Crippen molar-refractivity contribution in [1.82, 2.24) is 14.6 Å². The Morgan fingerprint density at radius 3 is 3.06 bits per heavy atom. The third-order valence-corrected chi connectivity index (χ3v) is 5.05. The van der Waals surface area contributed by atoms with Gasteiger partial charge in [0, 0.05) is 24.8 Å². The van der Waals surface area contributed by atoms with Gasteiger partial charge in [-0.3, -0.25) is 9.89 Å². The third kappa shape index (κ3) is 2.17. The highest BCUT2D eigenvalue weighted by Crippen LogP contribution is 2.21. The number of sulfone groups is 1. The van der Waals surface area contributed by atoms with Gasteiger partial charge in [-0.15, -0.1) is 0 Å². The van der Waals surface area contributed by atoms with E-state index in [9.17, 15) is 13.2 Å². The second kappa shape index (κ2) is 3.94. The zero-order valence-electron chi connectivity index (χ0n) is 9.67. The van der Waals surface area contributed by atoms with Crippen LogP contribution < -0.4 is 5.43 Å². The molecule has 1 N–H and O–H groups in total. The molecule has 3 rings (SSSR count). The fourth-order valence-corrected chi connectivity index (χ4v) is 4.21. The lowest BCUT2D eigenvalue weighted by Gasteiger charge is -2.02. The fourth-order valence-electron chi connectivity index (χ4n) is 2.35. The molecule has 0 bridgehead atoms. The van der Waals surface area contributed by atoms with Crippen molar-refractivity contribution in [2.75, 3.05) is 11.5 Å². The van der Waals surface area contributed by atoms with Crippen molar-refractivity contribution in [1.29, 1.82) is 0 Å². The number of nitrogens with one attached hydrogen (secondary N) is 1. The molecule has 0 radical (unpaired) electrons. The van der Waals surface area contributed by atoms with Crippen molar-refractivity contribution in [3.63, 3.8) is 0 Å². The Hall–Kier alpha value is -1.63. The highest BCUT2D eigenvalue weighted by atomic mass is 32.2. The van der Waals surface area contributed by atoms with Crippen LogP contribution in [0.25, 0.3) is 5.65 Å². The quantitative estimate of drug-likeness (QED) is 0.830. The summed E-state index contributed by atoms with van der Waals surface area (Å²) in [5.41, 5.74) is 0.481. The Bertz CT molecular complexity index is 744. The SMILES string of the molecule is O=c1ccn2[nH]c(CC3CCS(=O)(=O)C3)nc2c1. The van der Waals surface area contributed by atoms with E-state index in [2.05, 4.69) is 10.1 Å². The molecule has 3 heterocycles. The van der Waals surface area contributed by atoms with Gasteiger partial charge in [-0.2, -0.15) is 0 Å². The molecule has 1 unspecified atom stereocenters. The van der Waals surface area contributed by atoms with E-state index in [0.29, 0.717) is 18.5 Å². The van der Waals surface area contributed by atoms with E-state index in [0.717, 1.165) is 5.82 Å². The average molecular weight is 267 g/mol. The molecule has 1 fully saturated rings. The molecule has 0 saturated carbocycles. The molecule has 7 heteroatoms. The Labute approximate surface area is 104 Å². The first kappa shape index (κ1) is 11.5. The van der Waals surface area contributed by atoms with E-state index < -0.39 is 9.84 Å². The molecule has 1 atom stereocenters. The second-order valence-electron chi connectivity index (χ2n) is 4.73. The van der Waals surface area contributed by atoms with Gasteiger partial charge in [-0.25, -0.2) is 17.9 Å². The molecule has 6 nitrogen and oxygen atoms in total. The van der Waals surface area contributed by atoms with Crippen molar-refractivity contribution in [3.05, 3.63) is 34.4 Å². The number of aromatic amines is 1. The van der Waals surface area contributed by atoms with Crippen LogP contribution in [0.3, 0.4) is 0 Å². The minimum absolute atomic E-state index is 0.0866. The van der Waals surface area contributed by atoms with Gasteiger partial charge in [0.25, 0.3) is 0 Å². The van der Waals surface area contributed by atoms with Crippen LogP contribution in [0.15, 0.2) is 23.1 Å². The second-order valence-corrected chi connectivity index (χ2v) is 6.96. The molecule has 0 amide bonds. The van der Waals surface area contributed by atoms with E-state index in [4.69, 9.17) is 0 Å². The normalized spacial score (nSPS) is 22.6. The van der Waals surface area contributed by atoms with Crippen LogP contribution in [0, 0.1) is 5.92 Å². The zero-order chi connectivity index (χ0) is 12.8. The van der Waals surface area contributed by atoms with E-state index in [1.807, 2.05) is 0 Å². The van der Waals surface area contributed by atoms with Gasteiger partial charge in [-0.1, -0.05) is 0 Å². The smallest absolute Gasteiger partial charge is 0.183 e. The molecule has 0 spiro atoms. The van der Waals surface area contributed by atoms with Crippen molar-refractivity contribution >= 4 is 15.5 Å². The molecular weight excluding hydrogens is 254 g/mol. The zero-order valence-corrected chi connectivity index (χ0v) is 10.5.